The molecule has 1 aromatic carbocycles. The molecule has 1 amide bonds. The molecule has 152 valence electrons. The van der Waals surface area contributed by atoms with E-state index in [9.17, 15) is 35.5 Å². The van der Waals surface area contributed by atoms with Gasteiger partial charge in [0.05, 0.1) is 12.6 Å². The molecule has 2 heterocycles. The van der Waals surface area contributed by atoms with Gasteiger partial charge in [-0.15, -0.1) is 0 Å². The molecule has 1 aliphatic rings. The minimum absolute atomic E-state index is 0.347. The van der Waals surface area contributed by atoms with E-state index in [1.807, 2.05) is 0 Å². The lowest BCUT2D eigenvalue weighted by Crippen LogP contribution is -2.47. The maximum atomic E-state index is 13.9. The number of aromatic nitrogens is 2. The summed E-state index contributed by atoms with van der Waals surface area (Å²) in [5, 5.41) is 3.35. The van der Waals surface area contributed by atoms with Crippen LogP contribution in [0.25, 0.3) is 0 Å². The first-order chi connectivity index (χ1) is 13.0. The topological polar surface area (TPSA) is 38.1 Å². The standard InChI is InChI=1S/C17H14F7N3O/c1-8(15(20)21)26-6-5-9-13(16(26)28)27(25-14(9)17(22,23)24)7-10-11(18)3-2-4-12(10)19/h2-4,8,15H,5-7H2,1H3. The summed E-state index contributed by atoms with van der Waals surface area (Å²) in [6.07, 6.45) is -8.18. The molecule has 0 bridgehead atoms. The molecule has 0 saturated heterocycles. The van der Waals surface area contributed by atoms with Crippen LogP contribution in [0.3, 0.4) is 0 Å². The van der Waals surface area contributed by atoms with Gasteiger partial charge in [-0.3, -0.25) is 9.48 Å². The fraction of sp³-hybridized carbons (Fsp3) is 0.412. The molecular weight excluding hydrogens is 395 g/mol. The molecule has 2 aromatic rings. The summed E-state index contributed by atoms with van der Waals surface area (Å²) in [6, 6.07) is 1.35. The first kappa shape index (κ1) is 20.2. The average Bonchev–Trinajstić information content (AvgIpc) is 2.97. The normalized spacial score (nSPS) is 15.9. The van der Waals surface area contributed by atoms with Gasteiger partial charge >= 0.3 is 6.18 Å². The van der Waals surface area contributed by atoms with Crippen LogP contribution in [0, 0.1) is 11.6 Å². The third kappa shape index (κ3) is 3.45. The van der Waals surface area contributed by atoms with Gasteiger partial charge in [0, 0.05) is 17.7 Å². The zero-order valence-electron chi connectivity index (χ0n) is 14.4. The minimum Gasteiger partial charge on any atom is -0.329 e. The molecule has 0 radical (unpaired) electrons. The molecule has 4 nitrogen and oxygen atoms in total. The number of rotatable bonds is 4. The second kappa shape index (κ2) is 7.10. The summed E-state index contributed by atoms with van der Waals surface area (Å²) in [7, 11) is 0. The largest absolute Gasteiger partial charge is 0.435 e. The van der Waals surface area contributed by atoms with Gasteiger partial charge < -0.3 is 4.90 Å². The average molecular weight is 409 g/mol. The monoisotopic (exact) mass is 409 g/mol. The highest BCUT2D eigenvalue weighted by Crippen LogP contribution is 2.36. The van der Waals surface area contributed by atoms with Crippen molar-refractivity contribution in [2.75, 3.05) is 6.54 Å². The van der Waals surface area contributed by atoms with Crippen molar-refractivity contribution >= 4 is 5.91 Å². The van der Waals surface area contributed by atoms with Crippen molar-refractivity contribution < 1.29 is 35.5 Å². The van der Waals surface area contributed by atoms with Gasteiger partial charge in [0.1, 0.15) is 17.3 Å². The lowest BCUT2D eigenvalue weighted by molar-refractivity contribution is -0.142. The second-order valence-electron chi connectivity index (χ2n) is 6.35. The Labute approximate surface area is 154 Å². The Hall–Kier alpha value is -2.59. The quantitative estimate of drug-likeness (QED) is 0.719. The Morgan fingerprint density at radius 2 is 1.79 bits per heavy atom. The van der Waals surface area contributed by atoms with Crippen molar-refractivity contribution in [3.8, 4) is 0 Å². The molecule has 1 aliphatic heterocycles. The molecule has 0 saturated carbocycles. The van der Waals surface area contributed by atoms with Crippen LogP contribution in [0.2, 0.25) is 0 Å². The predicted octanol–water partition coefficient (Wildman–Crippen LogP) is 3.88. The zero-order chi connectivity index (χ0) is 20.8. The SMILES string of the molecule is CC(C(F)F)N1CCc2c(C(F)(F)F)nn(Cc3c(F)cccc3F)c2C1=O. The third-order valence-corrected chi connectivity index (χ3v) is 4.61. The molecule has 28 heavy (non-hydrogen) atoms. The van der Waals surface area contributed by atoms with Crippen LogP contribution in [0.15, 0.2) is 18.2 Å². The lowest BCUT2D eigenvalue weighted by atomic mass is 10.0. The van der Waals surface area contributed by atoms with Crippen LogP contribution < -0.4 is 0 Å². The molecular formula is C17H14F7N3O. The van der Waals surface area contributed by atoms with Crippen molar-refractivity contribution in [1.29, 1.82) is 0 Å². The molecule has 0 aliphatic carbocycles. The fourth-order valence-electron chi connectivity index (χ4n) is 3.15. The van der Waals surface area contributed by atoms with Crippen LogP contribution in [0.1, 0.15) is 34.2 Å². The molecule has 0 fully saturated rings. The van der Waals surface area contributed by atoms with Gasteiger partial charge in [0.2, 0.25) is 0 Å². The van der Waals surface area contributed by atoms with E-state index in [1.54, 1.807) is 0 Å². The van der Waals surface area contributed by atoms with E-state index >= 15 is 0 Å². The van der Waals surface area contributed by atoms with Gasteiger partial charge in [-0.25, -0.2) is 17.6 Å². The second-order valence-corrected chi connectivity index (χ2v) is 6.35. The van der Waals surface area contributed by atoms with Gasteiger partial charge in [0.25, 0.3) is 12.3 Å². The lowest BCUT2D eigenvalue weighted by Gasteiger charge is -2.32. The van der Waals surface area contributed by atoms with Crippen molar-refractivity contribution in [3.63, 3.8) is 0 Å². The smallest absolute Gasteiger partial charge is 0.329 e. The Morgan fingerprint density at radius 3 is 2.32 bits per heavy atom. The van der Waals surface area contributed by atoms with Crippen LogP contribution in [-0.2, 0) is 19.1 Å². The molecule has 0 N–H and O–H groups in total. The summed E-state index contributed by atoms with van der Waals surface area (Å²) in [6.45, 7) is -0.0742. The summed E-state index contributed by atoms with van der Waals surface area (Å²) in [5.74, 6) is -3.15. The summed E-state index contributed by atoms with van der Waals surface area (Å²) >= 11 is 0. The first-order valence-electron chi connectivity index (χ1n) is 8.21. The van der Waals surface area contributed by atoms with Crippen molar-refractivity contribution in [2.45, 2.75) is 38.5 Å². The maximum Gasteiger partial charge on any atom is 0.435 e. The highest BCUT2D eigenvalue weighted by Gasteiger charge is 2.44. The number of hydrogen-bond acceptors (Lipinski definition) is 2. The summed E-state index contributed by atoms with van der Waals surface area (Å²) < 4.78 is 94.4. The molecule has 0 spiro atoms. The molecule has 3 rings (SSSR count). The van der Waals surface area contributed by atoms with E-state index in [0.717, 1.165) is 30.0 Å². The Bertz CT molecular complexity index is 887. The maximum absolute atomic E-state index is 13.9. The molecule has 1 aromatic heterocycles. The Balaban J connectivity index is 2.12. The number of fused-ring (bicyclic) bond motifs is 1. The van der Waals surface area contributed by atoms with Crippen molar-refractivity contribution in [3.05, 3.63) is 52.3 Å². The molecule has 1 unspecified atom stereocenters. The number of hydrogen-bond donors (Lipinski definition) is 0. The van der Waals surface area contributed by atoms with Gasteiger partial charge in [0.15, 0.2) is 5.69 Å². The number of carbonyl (C=O) groups excluding carboxylic acids is 1. The van der Waals surface area contributed by atoms with E-state index < -0.39 is 65.2 Å². The van der Waals surface area contributed by atoms with Gasteiger partial charge in [-0.1, -0.05) is 6.07 Å². The minimum atomic E-state index is -4.92. The fourth-order valence-corrected chi connectivity index (χ4v) is 3.15. The number of halogens is 7. The van der Waals surface area contributed by atoms with Crippen LogP contribution in [0.5, 0.6) is 0 Å². The molecule has 11 heteroatoms. The van der Waals surface area contributed by atoms with E-state index in [0.29, 0.717) is 4.68 Å². The zero-order valence-corrected chi connectivity index (χ0v) is 14.4. The summed E-state index contributed by atoms with van der Waals surface area (Å²) in [4.78, 5) is 13.4. The van der Waals surface area contributed by atoms with Gasteiger partial charge in [-0.05, 0) is 25.5 Å². The number of carbonyl (C=O) groups is 1. The number of benzene rings is 1. The first-order valence-corrected chi connectivity index (χ1v) is 8.21. The van der Waals surface area contributed by atoms with E-state index in [2.05, 4.69) is 5.10 Å². The van der Waals surface area contributed by atoms with E-state index in [-0.39, 0.29) is 13.0 Å². The third-order valence-electron chi connectivity index (χ3n) is 4.61. The number of nitrogens with zero attached hydrogens (tertiary/aromatic N) is 3. The van der Waals surface area contributed by atoms with Crippen molar-refractivity contribution in [2.24, 2.45) is 0 Å². The van der Waals surface area contributed by atoms with Crippen LogP contribution in [0.4, 0.5) is 30.7 Å². The van der Waals surface area contributed by atoms with E-state index in [1.165, 1.54) is 0 Å². The predicted molar refractivity (Wildman–Crippen MR) is 82.9 cm³/mol. The summed E-state index contributed by atoms with van der Waals surface area (Å²) in [5.41, 5.74) is -3.01. The number of amides is 1. The van der Waals surface area contributed by atoms with Crippen molar-refractivity contribution in [1.82, 2.24) is 14.7 Å². The molecule has 1 atom stereocenters. The highest BCUT2D eigenvalue weighted by molar-refractivity contribution is 5.95. The van der Waals surface area contributed by atoms with Gasteiger partial charge in [-0.2, -0.15) is 18.3 Å². The Morgan fingerprint density at radius 1 is 1.18 bits per heavy atom. The van der Waals surface area contributed by atoms with Crippen LogP contribution in [-0.4, -0.2) is 39.6 Å². The van der Waals surface area contributed by atoms with Crippen LogP contribution >= 0.6 is 0 Å². The Kier molecular flexibility index (Phi) is 5.11. The highest BCUT2D eigenvalue weighted by atomic mass is 19.4. The van der Waals surface area contributed by atoms with E-state index in [4.69, 9.17) is 0 Å². The number of alkyl halides is 5.